The summed E-state index contributed by atoms with van der Waals surface area (Å²) in [5.74, 6) is 7.33. The first-order chi connectivity index (χ1) is 8.33. The molecule has 2 rings (SSSR count). The molecule has 4 N–H and O–H groups in total. The quantitative estimate of drug-likeness (QED) is 0.464. The van der Waals surface area contributed by atoms with Crippen molar-refractivity contribution in [1.82, 2.24) is 9.97 Å². The van der Waals surface area contributed by atoms with Crippen LogP contribution in [0.2, 0.25) is 0 Å². The number of morpholine rings is 1. The standard InChI is InChI=1S/C10H17N5O2/c11-14-9-7-10(13-8(12-9)1-4-16)15-2-5-17-6-3-15/h7,16H,1-6,11H2,(H,12,13,14). The number of ether oxygens (including phenoxy) is 1. The minimum absolute atomic E-state index is 0.0244. The number of nitrogens with one attached hydrogen (secondary N) is 1. The molecule has 0 amide bonds. The van der Waals surface area contributed by atoms with Gasteiger partial charge in [0, 0.05) is 25.6 Å². The van der Waals surface area contributed by atoms with Gasteiger partial charge in [-0.1, -0.05) is 0 Å². The van der Waals surface area contributed by atoms with Crippen molar-refractivity contribution in [2.75, 3.05) is 43.2 Å². The predicted octanol–water partition coefficient (Wildman–Crippen LogP) is -0.866. The molecule has 17 heavy (non-hydrogen) atoms. The van der Waals surface area contributed by atoms with Crippen LogP contribution in [0.3, 0.4) is 0 Å². The van der Waals surface area contributed by atoms with Gasteiger partial charge in [0.25, 0.3) is 0 Å². The molecule has 0 atom stereocenters. The second kappa shape index (κ2) is 5.76. The summed E-state index contributed by atoms with van der Waals surface area (Å²) in [5, 5.41) is 8.92. The third kappa shape index (κ3) is 3.02. The van der Waals surface area contributed by atoms with Crippen molar-refractivity contribution in [3.63, 3.8) is 0 Å². The lowest BCUT2D eigenvalue weighted by Crippen LogP contribution is -2.37. The van der Waals surface area contributed by atoms with Gasteiger partial charge in [0.05, 0.1) is 19.8 Å². The average molecular weight is 239 g/mol. The van der Waals surface area contributed by atoms with E-state index in [9.17, 15) is 0 Å². The Labute approximate surface area is 99.6 Å². The molecule has 7 nitrogen and oxygen atoms in total. The Morgan fingerprint density at radius 1 is 1.41 bits per heavy atom. The topological polar surface area (TPSA) is 96.5 Å². The molecule has 1 aromatic rings. The van der Waals surface area contributed by atoms with Gasteiger partial charge in [0.1, 0.15) is 17.5 Å². The zero-order chi connectivity index (χ0) is 12.1. The molecule has 0 radical (unpaired) electrons. The van der Waals surface area contributed by atoms with Crippen LogP contribution in [0.4, 0.5) is 11.6 Å². The molecule has 94 valence electrons. The lowest BCUT2D eigenvalue weighted by Gasteiger charge is -2.28. The van der Waals surface area contributed by atoms with Gasteiger partial charge in [0.15, 0.2) is 0 Å². The van der Waals surface area contributed by atoms with Crippen LogP contribution in [0.15, 0.2) is 6.07 Å². The molecule has 7 heteroatoms. The van der Waals surface area contributed by atoms with E-state index in [4.69, 9.17) is 15.7 Å². The van der Waals surface area contributed by atoms with Crippen LogP contribution >= 0.6 is 0 Å². The fraction of sp³-hybridized carbons (Fsp3) is 0.600. The van der Waals surface area contributed by atoms with E-state index in [1.165, 1.54) is 0 Å². The van der Waals surface area contributed by atoms with E-state index in [1.54, 1.807) is 6.07 Å². The summed E-state index contributed by atoms with van der Waals surface area (Å²) in [7, 11) is 0. The van der Waals surface area contributed by atoms with E-state index in [1.807, 2.05) is 0 Å². The molecule has 0 saturated carbocycles. The van der Waals surface area contributed by atoms with Crippen LogP contribution in [-0.2, 0) is 11.2 Å². The first-order valence-electron chi connectivity index (χ1n) is 5.61. The highest BCUT2D eigenvalue weighted by atomic mass is 16.5. The van der Waals surface area contributed by atoms with Crippen LogP contribution < -0.4 is 16.2 Å². The van der Waals surface area contributed by atoms with Crippen LogP contribution in [0.25, 0.3) is 0 Å². The number of nitrogens with zero attached hydrogens (tertiary/aromatic N) is 3. The fourth-order valence-corrected chi connectivity index (χ4v) is 1.72. The number of rotatable bonds is 4. The number of nitrogens with two attached hydrogens (primary N) is 1. The molecule has 0 bridgehead atoms. The molecule has 1 aliphatic rings. The summed E-state index contributed by atoms with van der Waals surface area (Å²) in [6, 6.07) is 1.80. The number of aliphatic hydroxyl groups is 1. The summed E-state index contributed by atoms with van der Waals surface area (Å²) >= 11 is 0. The largest absolute Gasteiger partial charge is 0.396 e. The van der Waals surface area contributed by atoms with Gasteiger partial charge < -0.3 is 20.2 Å². The number of aliphatic hydroxyl groups excluding tert-OH is 1. The second-order valence-electron chi connectivity index (χ2n) is 3.74. The molecule has 1 saturated heterocycles. The van der Waals surface area contributed by atoms with E-state index in [-0.39, 0.29) is 6.61 Å². The maximum atomic E-state index is 8.92. The molecule has 2 heterocycles. The predicted molar refractivity (Wildman–Crippen MR) is 63.7 cm³/mol. The van der Waals surface area contributed by atoms with Crippen molar-refractivity contribution in [3.8, 4) is 0 Å². The summed E-state index contributed by atoms with van der Waals surface area (Å²) in [4.78, 5) is 10.7. The molecule has 1 aliphatic heterocycles. The van der Waals surface area contributed by atoms with Crippen LogP contribution in [0.5, 0.6) is 0 Å². The van der Waals surface area contributed by atoms with Crippen LogP contribution in [-0.4, -0.2) is 48.0 Å². The molecule has 0 aromatic carbocycles. The molecule has 1 fully saturated rings. The van der Waals surface area contributed by atoms with Gasteiger partial charge in [-0.25, -0.2) is 15.8 Å². The van der Waals surface area contributed by atoms with Crippen molar-refractivity contribution in [2.24, 2.45) is 5.84 Å². The SMILES string of the molecule is NNc1cc(N2CCOCC2)nc(CCO)n1. The van der Waals surface area contributed by atoms with Gasteiger partial charge in [-0.15, -0.1) is 0 Å². The second-order valence-corrected chi connectivity index (χ2v) is 3.74. The third-order valence-electron chi connectivity index (χ3n) is 2.58. The van der Waals surface area contributed by atoms with E-state index in [0.717, 1.165) is 18.9 Å². The highest BCUT2D eigenvalue weighted by Gasteiger charge is 2.14. The van der Waals surface area contributed by atoms with Gasteiger partial charge >= 0.3 is 0 Å². The Morgan fingerprint density at radius 3 is 2.82 bits per heavy atom. The summed E-state index contributed by atoms with van der Waals surface area (Å²) < 4.78 is 5.29. The monoisotopic (exact) mass is 239 g/mol. The number of hydrazine groups is 1. The number of hydrogen-bond donors (Lipinski definition) is 3. The smallest absolute Gasteiger partial charge is 0.145 e. The van der Waals surface area contributed by atoms with E-state index in [0.29, 0.717) is 31.3 Å². The van der Waals surface area contributed by atoms with E-state index >= 15 is 0 Å². The highest BCUT2D eigenvalue weighted by molar-refractivity contribution is 5.49. The van der Waals surface area contributed by atoms with Gasteiger partial charge in [0.2, 0.25) is 0 Å². The van der Waals surface area contributed by atoms with Crippen molar-refractivity contribution in [3.05, 3.63) is 11.9 Å². The average Bonchev–Trinajstić information content (AvgIpc) is 2.40. The first-order valence-corrected chi connectivity index (χ1v) is 5.61. The van der Waals surface area contributed by atoms with E-state index < -0.39 is 0 Å². The molecule has 0 unspecified atom stereocenters. The zero-order valence-electron chi connectivity index (χ0n) is 9.59. The fourth-order valence-electron chi connectivity index (χ4n) is 1.72. The Bertz CT molecular complexity index is 368. The van der Waals surface area contributed by atoms with E-state index in [2.05, 4.69) is 20.3 Å². The van der Waals surface area contributed by atoms with Crippen LogP contribution in [0, 0.1) is 0 Å². The summed E-state index contributed by atoms with van der Waals surface area (Å²) in [5.41, 5.74) is 2.51. The maximum Gasteiger partial charge on any atom is 0.145 e. The normalized spacial score (nSPS) is 16.0. The number of anilines is 2. The Balaban J connectivity index is 2.21. The van der Waals surface area contributed by atoms with Crippen molar-refractivity contribution < 1.29 is 9.84 Å². The third-order valence-corrected chi connectivity index (χ3v) is 2.58. The molecule has 0 spiro atoms. The number of nitrogen functional groups attached to an aromatic ring is 1. The van der Waals surface area contributed by atoms with Gasteiger partial charge in [-0.05, 0) is 0 Å². The van der Waals surface area contributed by atoms with Crippen molar-refractivity contribution >= 4 is 11.6 Å². The zero-order valence-corrected chi connectivity index (χ0v) is 9.59. The Kier molecular flexibility index (Phi) is 4.08. The Hall–Kier alpha value is -1.44. The lowest BCUT2D eigenvalue weighted by molar-refractivity contribution is 0.122. The van der Waals surface area contributed by atoms with Crippen LogP contribution in [0.1, 0.15) is 5.82 Å². The van der Waals surface area contributed by atoms with Gasteiger partial charge in [-0.3, -0.25) is 0 Å². The highest BCUT2D eigenvalue weighted by Crippen LogP contribution is 2.16. The molecular formula is C10H17N5O2. The number of aromatic nitrogens is 2. The lowest BCUT2D eigenvalue weighted by atomic mass is 10.3. The van der Waals surface area contributed by atoms with Crippen molar-refractivity contribution in [2.45, 2.75) is 6.42 Å². The minimum atomic E-state index is 0.0244. The summed E-state index contributed by atoms with van der Waals surface area (Å²) in [6.45, 7) is 3.03. The minimum Gasteiger partial charge on any atom is -0.396 e. The maximum absolute atomic E-state index is 8.92. The molecular weight excluding hydrogens is 222 g/mol. The Morgan fingerprint density at radius 2 is 2.18 bits per heavy atom. The van der Waals surface area contributed by atoms with Gasteiger partial charge in [-0.2, -0.15) is 0 Å². The molecule has 1 aromatic heterocycles. The van der Waals surface area contributed by atoms with Crippen molar-refractivity contribution in [1.29, 1.82) is 0 Å². The number of hydrogen-bond acceptors (Lipinski definition) is 7. The first kappa shape index (κ1) is 12.0. The summed E-state index contributed by atoms with van der Waals surface area (Å²) in [6.07, 6.45) is 0.423. The molecule has 0 aliphatic carbocycles.